The maximum Gasteiger partial charge on any atom is 0.345 e. The summed E-state index contributed by atoms with van der Waals surface area (Å²) in [6, 6.07) is 1.16. The fourth-order valence-corrected chi connectivity index (χ4v) is 3.57. The van der Waals surface area contributed by atoms with Crippen LogP contribution in [0.5, 0.6) is 0 Å². The van der Waals surface area contributed by atoms with Gasteiger partial charge in [0.15, 0.2) is 0 Å². The molecule has 0 radical (unpaired) electrons. The number of carbonyl (C=O) groups is 1. The first-order valence-corrected chi connectivity index (χ1v) is 8.73. The summed E-state index contributed by atoms with van der Waals surface area (Å²) < 4.78 is 31.5. The molecule has 0 aliphatic heterocycles. The van der Waals surface area contributed by atoms with Crippen LogP contribution in [0.3, 0.4) is 0 Å². The van der Waals surface area contributed by atoms with E-state index >= 15 is 0 Å². The quantitative estimate of drug-likeness (QED) is 0.642. The predicted octanol–water partition coefficient (Wildman–Crippen LogP) is 1.93. The van der Waals surface area contributed by atoms with Crippen molar-refractivity contribution in [3.05, 3.63) is 16.3 Å². The lowest BCUT2D eigenvalue weighted by Crippen LogP contribution is -2.25. The average molecular weight is 321 g/mol. The topological polar surface area (TPSA) is 92.7 Å². The number of unbranched alkanes of at least 4 members (excludes halogenated alkanes) is 1. The minimum atomic E-state index is -3.63. The Morgan fingerprint density at radius 1 is 1.40 bits per heavy atom. The Hall–Kier alpha value is -0.960. The van der Waals surface area contributed by atoms with Crippen LogP contribution in [0.1, 0.15) is 35.9 Å². The van der Waals surface area contributed by atoms with E-state index in [1.165, 1.54) is 5.38 Å². The van der Waals surface area contributed by atoms with Gasteiger partial charge in [0.1, 0.15) is 4.88 Å². The van der Waals surface area contributed by atoms with E-state index in [1.54, 1.807) is 0 Å². The van der Waals surface area contributed by atoms with Gasteiger partial charge >= 0.3 is 5.97 Å². The molecular weight excluding hydrogens is 302 g/mol. The van der Waals surface area contributed by atoms with Crippen molar-refractivity contribution < 1.29 is 23.1 Å². The van der Waals surface area contributed by atoms with Crippen LogP contribution in [0.25, 0.3) is 0 Å². The average Bonchev–Trinajstić information content (AvgIpc) is 2.88. The number of rotatable bonds is 10. The molecule has 0 aromatic carbocycles. The zero-order valence-corrected chi connectivity index (χ0v) is 12.9. The molecule has 6 nitrogen and oxygen atoms in total. The van der Waals surface area contributed by atoms with Gasteiger partial charge in [0.2, 0.25) is 10.0 Å². The molecule has 0 saturated heterocycles. The van der Waals surface area contributed by atoms with Crippen LogP contribution in [0.2, 0.25) is 0 Å². The summed E-state index contributed by atoms with van der Waals surface area (Å²) in [5.41, 5.74) is 0. The highest BCUT2D eigenvalue weighted by molar-refractivity contribution is 7.89. The van der Waals surface area contributed by atoms with Gasteiger partial charge in [0.25, 0.3) is 0 Å². The highest BCUT2D eigenvalue weighted by Gasteiger charge is 2.17. The molecule has 0 aliphatic carbocycles. The number of ether oxygens (including phenoxy) is 1. The molecule has 1 aromatic heterocycles. The molecule has 0 unspecified atom stereocenters. The molecule has 0 atom stereocenters. The highest BCUT2D eigenvalue weighted by Crippen LogP contribution is 2.18. The second-order valence-corrected chi connectivity index (χ2v) is 6.85. The fourth-order valence-electron chi connectivity index (χ4n) is 1.38. The molecule has 0 amide bonds. The summed E-state index contributed by atoms with van der Waals surface area (Å²) in [6.45, 7) is 3.54. The monoisotopic (exact) mass is 321 g/mol. The zero-order chi connectivity index (χ0) is 15.0. The summed E-state index contributed by atoms with van der Waals surface area (Å²) in [5.74, 6) is -1.12. The van der Waals surface area contributed by atoms with E-state index in [2.05, 4.69) is 11.6 Å². The lowest BCUT2D eigenvalue weighted by atomic mass is 10.4. The molecule has 0 saturated carbocycles. The number of aromatic carboxylic acids is 1. The van der Waals surface area contributed by atoms with Crippen LogP contribution < -0.4 is 4.72 Å². The Morgan fingerprint density at radius 2 is 2.10 bits per heavy atom. The maximum absolute atomic E-state index is 11.9. The largest absolute Gasteiger partial charge is 0.477 e. The fraction of sp³-hybridized carbons (Fsp3) is 0.583. The first-order chi connectivity index (χ1) is 9.47. The molecule has 0 aliphatic rings. The van der Waals surface area contributed by atoms with Gasteiger partial charge in [-0.25, -0.2) is 17.9 Å². The maximum atomic E-state index is 11.9. The zero-order valence-electron chi connectivity index (χ0n) is 11.3. The summed E-state index contributed by atoms with van der Waals surface area (Å²) >= 11 is 0.894. The normalized spacial score (nSPS) is 11.7. The molecule has 0 bridgehead atoms. The van der Waals surface area contributed by atoms with Gasteiger partial charge < -0.3 is 9.84 Å². The van der Waals surface area contributed by atoms with Crippen molar-refractivity contribution >= 4 is 27.3 Å². The van der Waals surface area contributed by atoms with Crippen molar-refractivity contribution in [3.8, 4) is 0 Å². The third kappa shape index (κ3) is 5.58. The SMILES string of the molecule is CCCCOCCCNS(=O)(=O)c1csc(C(=O)O)c1. The molecule has 1 aromatic rings. The molecule has 0 spiro atoms. The summed E-state index contributed by atoms with van der Waals surface area (Å²) in [6.07, 6.45) is 2.65. The molecule has 114 valence electrons. The van der Waals surface area contributed by atoms with Crippen molar-refractivity contribution in [2.45, 2.75) is 31.1 Å². The van der Waals surface area contributed by atoms with Gasteiger partial charge in [0.05, 0.1) is 4.90 Å². The van der Waals surface area contributed by atoms with Gasteiger partial charge in [-0.15, -0.1) is 11.3 Å². The lowest BCUT2D eigenvalue weighted by Gasteiger charge is -2.05. The van der Waals surface area contributed by atoms with Gasteiger partial charge in [-0.05, 0) is 18.9 Å². The smallest absolute Gasteiger partial charge is 0.345 e. The Morgan fingerprint density at radius 3 is 2.70 bits per heavy atom. The number of nitrogens with one attached hydrogen (secondary N) is 1. The van der Waals surface area contributed by atoms with Crippen molar-refractivity contribution in [1.82, 2.24) is 4.72 Å². The number of hydrogen-bond acceptors (Lipinski definition) is 5. The number of carboxylic acid groups (broad SMARTS) is 1. The van der Waals surface area contributed by atoms with Crippen molar-refractivity contribution in [1.29, 1.82) is 0 Å². The number of hydrogen-bond donors (Lipinski definition) is 2. The molecule has 8 heteroatoms. The Bertz CT molecular complexity index is 524. The van der Waals surface area contributed by atoms with Crippen LogP contribution in [0, 0.1) is 0 Å². The van der Waals surface area contributed by atoms with Crippen LogP contribution in [-0.2, 0) is 14.8 Å². The van der Waals surface area contributed by atoms with E-state index in [-0.39, 0.29) is 16.3 Å². The molecule has 1 rings (SSSR count). The van der Waals surface area contributed by atoms with Crippen LogP contribution in [0.4, 0.5) is 0 Å². The molecular formula is C12H19NO5S2. The van der Waals surface area contributed by atoms with Crippen LogP contribution >= 0.6 is 11.3 Å². The lowest BCUT2D eigenvalue weighted by molar-refractivity contribution is 0.0702. The Balaban J connectivity index is 2.36. The first-order valence-electron chi connectivity index (χ1n) is 6.36. The standard InChI is InChI=1S/C12H19NO5S2/c1-2-3-6-18-7-4-5-13-20(16,17)10-8-11(12(14)15)19-9-10/h8-9,13H,2-7H2,1H3,(H,14,15). The number of sulfonamides is 1. The number of thiophene rings is 1. The predicted molar refractivity (Wildman–Crippen MR) is 76.8 cm³/mol. The van der Waals surface area contributed by atoms with E-state index in [9.17, 15) is 13.2 Å². The van der Waals surface area contributed by atoms with E-state index < -0.39 is 16.0 Å². The second-order valence-electron chi connectivity index (χ2n) is 4.17. The summed E-state index contributed by atoms with van der Waals surface area (Å²) in [5, 5.41) is 10.1. The van der Waals surface area contributed by atoms with Gasteiger partial charge in [-0.3, -0.25) is 0 Å². The van der Waals surface area contributed by atoms with Crippen molar-refractivity contribution in [2.24, 2.45) is 0 Å². The minimum absolute atomic E-state index is 0.00759. The van der Waals surface area contributed by atoms with Crippen molar-refractivity contribution in [3.63, 3.8) is 0 Å². The number of carboxylic acids is 1. The first kappa shape index (κ1) is 17.1. The molecule has 2 N–H and O–H groups in total. The highest BCUT2D eigenvalue weighted by atomic mass is 32.2. The van der Waals surface area contributed by atoms with E-state index in [1.807, 2.05) is 0 Å². The second kappa shape index (κ2) is 8.35. The Kier molecular flexibility index (Phi) is 7.14. The molecule has 20 heavy (non-hydrogen) atoms. The minimum Gasteiger partial charge on any atom is -0.477 e. The van der Waals surface area contributed by atoms with E-state index in [0.717, 1.165) is 30.2 Å². The Labute approximate surface area is 122 Å². The van der Waals surface area contributed by atoms with E-state index in [4.69, 9.17) is 9.84 Å². The third-order valence-corrected chi connectivity index (χ3v) is 5.00. The molecule has 1 heterocycles. The third-order valence-electron chi connectivity index (χ3n) is 2.50. The van der Waals surface area contributed by atoms with Gasteiger partial charge in [-0.1, -0.05) is 13.3 Å². The van der Waals surface area contributed by atoms with Crippen LogP contribution in [-0.4, -0.2) is 39.3 Å². The van der Waals surface area contributed by atoms with Gasteiger partial charge in [-0.2, -0.15) is 0 Å². The van der Waals surface area contributed by atoms with Crippen LogP contribution in [0.15, 0.2) is 16.3 Å². The van der Waals surface area contributed by atoms with E-state index in [0.29, 0.717) is 19.6 Å². The summed E-state index contributed by atoms with van der Waals surface area (Å²) in [4.78, 5) is 10.7. The van der Waals surface area contributed by atoms with Gasteiger partial charge in [0, 0.05) is 25.1 Å². The molecule has 0 fully saturated rings. The van der Waals surface area contributed by atoms with Crippen molar-refractivity contribution in [2.75, 3.05) is 19.8 Å². The summed E-state index contributed by atoms with van der Waals surface area (Å²) in [7, 11) is -3.63.